The first kappa shape index (κ1) is 27.1. The fraction of sp³-hybridized carbons (Fsp3) is 0.133. The van der Waals surface area contributed by atoms with Gasteiger partial charge in [0.2, 0.25) is 10.2 Å². The molecule has 0 heterocycles. The lowest BCUT2D eigenvalue weighted by molar-refractivity contribution is -0.108. The standard InChI is InChI=1S/C30H28O4S2/c1-21(2)29(31)35-19-17-33-27-13-9-25(10-14-27)23-5-7-24(8-6-23)26-11-15-28(16-12-26)34-18-20-36-30(32)22(3)4/h5-17,19H,1,3,18,20H2,2,4H3/b19-17-. The van der Waals surface area contributed by atoms with E-state index in [1.807, 2.05) is 48.5 Å². The molecular weight excluding hydrogens is 488 g/mol. The molecule has 6 heteroatoms. The molecule has 0 amide bonds. The summed E-state index contributed by atoms with van der Waals surface area (Å²) in [5, 5.41) is 1.52. The SMILES string of the molecule is C=C(C)C(=O)S/C=C\Oc1ccc(-c2ccc(-c3ccc(OCCSC(=O)C(=C)C)cc3)cc2)cc1. The van der Waals surface area contributed by atoms with Crippen LogP contribution in [0.5, 0.6) is 11.5 Å². The van der Waals surface area contributed by atoms with Crippen molar-refractivity contribution >= 4 is 33.8 Å². The summed E-state index contributed by atoms with van der Waals surface area (Å²) in [6.07, 6.45) is 1.50. The van der Waals surface area contributed by atoms with E-state index >= 15 is 0 Å². The van der Waals surface area contributed by atoms with E-state index < -0.39 is 0 Å². The molecule has 0 N–H and O–H groups in total. The zero-order valence-corrected chi connectivity index (χ0v) is 22.0. The fourth-order valence-electron chi connectivity index (χ4n) is 3.04. The summed E-state index contributed by atoms with van der Waals surface area (Å²) < 4.78 is 11.3. The molecule has 0 aliphatic heterocycles. The van der Waals surface area contributed by atoms with Gasteiger partial charge >= 0.3 is 0 Å². The van der Waals surface area contributed by atoms with E-state index in [0.717, 1.165) is 39.8 Å². The van der Waals surface area contributed by atoms with E-state index in [1.165, 1.54) is 18.0 Å². The molecule has 3 aromatic rings. The van der Waals surface area contributed by atoms with Crippen molar-refractivity contribution in [2.45, 2.75) is 13.8 Å². The summed E-state index contributed by atoms with van der Waals surface area (Å²) in [5.74, 6) is 2.06. The Morgan fingerprint density at radius 3 is 1.64 bits per heavy atom. The molecule has 0 aromatic heterocycles. The summed E-state index contributed by atoms with van der Waals surface area (Å²) in [6, 6.07) is 24.1. The third-order valence-corrected chi connectivity index (χ3v) is 6.77. The highest BCUT2D eigenvalue weighted by Gasteiger charge is 2.05. The van der Waals surface area contributed by atoms with Gasteiger partial charge in [0.15, 0.2) is 0 Å². The van der Waals surface area contributed by atoms with Crippen molar-refractivity contribution in [3.05, 3.63) is 109 Å². The van der Waals surface area contributed by atoms with Crippen LogP contribution in [0, 0.1) is 0 Å². The lowest BCUT2D eigenvalue weighted by Gasteiger charge is -2.08. The van der Waals surface area contributed by atoms with Crippen LogP contribution in [0.1, 0.15) is 13.8 Å². The highest BCUT2D eigenvalue weighted by molar-refractivity contribution is 8.16. The van der Waals surface area contributed by atoms with E-state index in [2.05, 4.69) is 37.4 Å². The second-order valence-electron chi connectivity index (χ2n) is 7.97. The second-order valence-corrected chi connectivity index (χ2v) is 9.91. The Morgan fingerprint density at radius 2 is 1.17 bits per heavy atom. The average molecular weight is 517 g/mol. The minimum atomic E-state index is -0.0826. The smallest absolute Gasteiger partial charge is 0.218 e. The number of carbonyl (C=O) groups excluding carboxylic acids is 2. The first-order valence-electron chi connectivity index (χ1n) is 11.3. The fourth-order valence-corrected chi connectivity index (χ4v) is 4.07. The van der Waals surface area contributed by atoms with Crippen molar-refractivity contribution in [3.63, 3.8) is 0 Å². The molecule has 0 radical (unpaired) electrons. The van der Waals surface area contributed by atoms with Crippen LogP contribution in [0.2, 0.25) is 0 Å². The van der Waals surface area contributed by atoms with Crippen molar-refractivity contribution in [1.29, 1.82) is 0 Å². The molecule has 0 saturated carbocycles. The monoisotopic (exact) mass is 516 g/mol. The van der Waals surface area contributed by atoms with Crippen LogP contribution in [-0.2, 0) is 9.59 Å². The summed E-state index contributed by atoms with van der Waals surface area (Å²) in [4.78, 5) is 23.1. The van der Waals surface area contributed by atoms with Crippen molar-refractivity contribution < 1.29 is 19.1 Å². The third-order valence-electron chi connectivity index (χ3n) is 4.98. The van der Waals surface area contributed by atoms with Crippen LogP contribution >= 0.6 is 23.5 Å². The van der Waals surface area contributed by atoms with Crippen molar-refractivity contribution in [2.24, 2.45) is 0 Å². The van der Waals surface area contributed by atoms with Crippen molar-refractivity contribution in [3.8, 4) is 33.8 Å². The predicted molar refractivity (Wildman–Crippen MR) is 152 cm³/mol. The summed E-state index contributed by atoms with van der Waals surface area (Å²) in [5.41, 5.74) is 5.45. The van der Waals surface area contributed by atoms with Crippen molar-refractivity contribution in [2.75, 3.05) is 12.4 Å². The molecule has 3 rings (SSSR count). The highest BCUT2D eigenvalue weighted by Crippen LogP contribution is 2.27. The van der Waals surface area contributed by atoms with Gasteiger partial charge in [0.1, 0.15) is 11.5 Å². The normalized spacial score (nSPS) is 10.7. The first-order valence-corrected chi connectivity index (χ1v) is 13.1. The zero-order chi connectivity index (χ0) is 25.9. The Hall–Kier alpha value is -3.48. The van der Waals surface area contributed by atoms with Crippen LogP contribution in [0.4, 0.5) is 0 Å². The summed E-state index contributed by atoms with van der Waals surface area (Å²) in [6.45, 7) is 11.1. The lowest BCUT2D eigenvalue weighted by Crippen LogP contribution is -2.03. The molecule has 0 bridgehead atoms. The van der Waals surface area contributed by atoms with E-state index in [0.29, 0.717) is 29.3 Å². The molecule has 184 valence electrons. The highest BCUT2D eigenvalue weighted by atomic mass is 32.2. The number of carbonyl (C=O) groups is 2. The van der Waals surface area contributed by atoms with Crippen LogP contribution in [-0.4, -0.2) is 22.6 Å². The lowest BCUT2D eigenvalue weighted by atomic mass is 10.0. The Morgan fingerprint density at radius 1 is 0.722 bits per heavy atom. The zero-order valence-electron chi connectivity index (χ0n) is 20.4. The van der Waals surface area contributed by atoms with Gasteiger partial charge in [-0.05, 0) is 71.5 Å². The average Bonchev–Trinajstić information content (AvgIpc) is 2.89. The second kappa shape index (κ2) is 13.6. The first-order chi connectivity index (χ1) is 17.3. The molecule has 0 unspecified atom stereocenters. The molecule has 0 saturated heterocycles. The van der Waals surface area contributed by atoms with Crippen molar-refractivity contribution in [1.82, 2.24) is 0 Å². The molecule has 4 nitrogen and oxygen atoms in total. The van der Waals surface area contributed by atoms with Crippen LogP contribution in [0.3, 0.4) is 0 Å². The summed E-state index contributed by atoms with van der Waals surface area (Å²) >= 11 is 2.27. The molecular formula is C30H28O4S2. The number of thioether (sulfide) groups is 2. The minimum absolute atomic E-state index is 0.00159. The molecule has 0 spiro atoms. The Labute approximate surface area is 221 Å². The predicted octanol–water partition coefficient (Wildman–Crippen LogP) is 7.92. The van der Waals surface area contributed by atoms with E-state index in [1.54, 1.807) is 19.3 Å². The number of rotatable bonds is 11. The van der Waals surface area contributed by atoms with E-state index in [-0.39, 0.29) is 10.2 Å². The maximum atomic E-state index is 11.6. The van der Waals surface area contributed by atoms with Crippen LogP contribution < -0.4 is 9.47 Å². The Bertz CT molecular complexity index is 1240. The van der Waals surface area contributed by atoms with Crippen LogP contribution in [0.15, 0.2) is 109 Å². The Balaban J connectivity index is 1.52. The van der Waals surface area contributed by atoms with Gasteiger partial charge in [-0.1, -0.05) is 85.2 Å². The number of ether oxygens (including phenoxy) is 2. The quantitative estimate of drug-likeness (QED) is 0.147. The van der Waals surface area contributed by atoms with Gasteiger partial charge in [-0.2, -0.15) is 0 Å². The molecule has 0 fully saturated rings. The van der Waals surface area contributed by atoms with Gasteiger partial charge in [-0.3, -0.25) is 9.59 Å². The maximum absolute atomic E-state index is 11.6. The topological polar surface area (TPSA) is 52.6 Å². The van der Waals surface area contributed by atoms with Gasteiger partial charge in [-0.15, -0.1) is 0 Å². The molecule has 0 atom stereocenters. The molecule has 3 aromatic carbocycles. The van der Waals surface area contributed by atoms with Gasteiger partial charge < -0.3 is 9.47 Å². The number of hydrogen-bond donors (Lipinski definition) is 0. The third kappa shape index (κ3) is 8.33. The Kier molecular flexibility index (Phi) is 10.2. The van der Waals surface area contributed by atoms with E-state index in [4.69, 9.17) is 9.47 Å². The number of hydrogen-bond acceptors (Lipinski definition) is 6. The van der Waals surface area contributed by atoms with Gasteiger partial charge in [-0.25, -0.2) is 0 Å². The maximum Gasteiger partial charge on any atom is 0.218 e. The largest absolute Gasteiger partial charge is 0.493 e. The van der Waals surface area contributed by atoms with E-state index in [9.17, 15) is 9.59 Å². The van der Waals surface area contributed by atoms with Gasteiger partial charge in [0.25, 0.3) is 0 Å². The van der Waals surface area contributed by atoms with Gasteiger partial charge in [0, 0.05) is 11.2 Å². The molecule has 0 aliphatic rings. The van der Waals surface area contributed by atoms with Gasteiger partial charge in [0.05, 0.1) is 12.9 Å². The minimum Gasteiger partial charge on any atom is -0.493 e. The molecule has 36 heavy (non-hydrogen) atoms. The van der Waals surface area contributed by atoms with Crippen LogP contribution in [0.25, 0.3) is 22.3 Å². The summed E-state index contributed by atoms with van der Waals surface area (Å²) in [7, 11) is 0. The molecule has 0 aliphatic carbocycles. The number of benzene rings is 3.